The van der Waals surface area contributed by atoms with E-state index in [2.05, 4.69) is 71.6 Å². The summed E-state index contributed by atoms with van der Waals surface area (Å²) in [5.74, 6) is 0.576. The second-order valence-electron chi connectivity index (χ2n) is 9.04. The molecule has 154 valence electrons. The van der Waals surface area contributed by atoms with E-state index in [0.29, 0.717) is 11.9 Å². The van der Waals surface area contributed by atoms with Crippen molar-refractivity contribution in [3.63, 3.8) is 0 Å². The molecular formula is C26H29N3O. The number of ketones is 1. The largest absolute Gasteiger partial charge is 0.344 e. The van der Waals surface area contributed by atoms with Gasteiger partial charge in [0, 0.05) is 47.9 Å². The topological polar surface area (TPSA) is 38.1 Å². The zero-order valence-electron chi connectivity index (χ0n) is 18.1. The molecule has 0 amide bonds. The zero-order valence-corrected chi connectivity index (χ0v) is 18.1. The van der Waals surface area contributed by atoms with Gasteiger partial charge in [-0.2, -0.15) is 0 Å². The van der Waals surface area contributed by atoms with Crippen LogP contribution in [-0.2, 0) is 5.41 Å². The molecule has 0 spiro atoms. The molecule has 0 radical (unpaired) electrons. The predicted molar refractivity (Wildman–Crippen MR) is 122 cm³/mol. The molecule has 0 atom stereocenters. The Balaban J connectivity index is 1.60. The molecule has 2 aliphatic rings. The Bertz CT molecular complexity index is 1150. The number of hydrogen-bond donors (Lipinski definition) is 0. The van der Waals surface area contributed by atoms with Crippen molar-refractivity contribution in [3.05, 3.63) is 72.0 Å². The van der Waals surface area contributed by atoms with Gasteiger partial charge in [0.15, 0.2) is 5.82 Å². The molecule has 1 saturated carbocycles. The number of aromatic nitrogens is 2. The first-order chi connectivity index (χ1) is 14.5. The van der Waals surface area contributed by atoms with Gasteiger partial charge >= 0.3 is 0 Å². The van der Waals surface area contributed by atoms with Crippen LogP contribution in [0, 0.1) is 0 Å². The van der Waals surface area contributed by atoms with Gasteiger partial charge in [-0.15, -0.1) is 0 Å². The van der Waals surface area contributed by atoms with E-state index in [1.807, 2.05) is 12.3 Å². The number of fused-ring (bicyclic) bond motifs is 3. The molecule has 1 aliphatic heterocycles. The minimum Gasteiger partial charge on any atom is -0.344 e. The van der Waals surface area contributed by atoms with Crippen LogP contribution in [0.5, 0.6) is 0 Å². The van der Waals surface area contributed by atoms with E-state index < -0.39 is 0 Å². The first-order valence-electron chi connectivity index (χ1n) is 11.1. The van der Waals surface area contributed by atoms with Gasteiger partial charge in [-0.3, -0.25) is 4.79 Å². The fourth-order valence-corrected chi connectivity index (χ4v) is 5.51. The van der Waals surface area contributed by atoms with E-state index >= 15 is 0 Å². The van der Waals surface area contributed by atoms with Crippen LogP contribution < -0.4 is 4.90 Å². The summed E-state index contributed by atoms with van der Waals surface area (Å²) in [4.78, 5) is 20.2. The lowest BCUT2D eigenvalue weighted by atomic mass is 9.81. The third-order valence-corrected chi connectivity index (χ3v) is 6.95. The van der Waals surface area contributed by atoms with Crippen LogP contribution >= 0.6 is 0 Å². The first-order valence-corrected chi connectivity index (χ1v) is 11.1. The molecule has 0 unspecified atom stereocenters. The van der Waals surface area contributed by atoms with Gasteiger partial charge in [0.05, 0.1) is 0 Å². The first kappa shape index (κ1) is 19.1. The lowest BCUT2D eigenvalue weighted by molar-refractivity contribution is 0.102. The number of anilines is 1. The Morgan fingerprint density at radius 1 is 1.17 bits per heavy atom. The summed E-state index contributed by atoms with van der Waals surface area (Å²) in [7, 11) is 0. The highest BCUT2D eigenvalue weighted by Crippen LogP contribution is 2.50. The van der Waals surface area contributed by atoms with Crippen molar-refractivity contribution in [3.8, 4) is 0 Å². The fraction of sp³-hybridized carbons (Fsp3) is 0.385. The van der Waals surface area contributed by atoms with Crippen molar-refractivity contribution in [1.29, 1.82) is 0 Å². The lowest BCUT2D eigenvalue weighted by Gasteiger charge is -2.26. The van der Waals surface area contributed by atoms with Crippen LogP contribution in [0.15, 0.2) is 60.6 Å². The molecule has 0 saturated heterocycles. The van der Waals surface area contributed by atoms with E-state index in [4.69, 9.17) is 0 Å². The number of rotatable bonds is 4. The maximum absolute atomic E-state index is 13.4. The summed E-state index contributed by atoms with van der Waals surface area (Å²) < 4.78 is 2.10. The normalized spacial score (nSPS) is 19.7. The quantitative estimate of drug-likeness (QED) is 0.397. The zero-order chi connectivity index (χ0) is 20.9. The number of nitrogens with zero attached hydrogens (tertiary/aromatic N) is 3. The molecule has 1 aromatic heterocycles. The standard InChI is InChI=1S/C26H29N3O/c1-4-28-21-14-13-18-9-5-8-12-20(18)24(21)26(2,3)23(28)17-22(30)25-27-15-16-29(25)19-10-6-7-11-19/h5,8-9,12-17,19H,4,6-7,10-11H2,1-3H3/b23-17-. The van der Waals surface area contributed by atoms with Crippen molar-refractivity contribution in [2.45, 2.75) is 57.9 Å². The smallest absolute Gasteiger partial charge is 0.223 e. The molecule has 30 heavy (non-hydrogen) atoms. The van der Waals surface area contributed by atoms with Crippen molar-refractivity contribution >= 4 is 22.2 Å². The average molecular weight is 400 g/mol. The lowest BCUT2D eigenvalue weighted by Crippen LogP contribution is -2.27. The van der Waals surface area contributed by atoms with Crippen molar-refractivity contribution in [2.75, 3.05) is 11.4 Å². The van der Waals surface area contributed by atoms with Gasteiger partial charge in [0.25, 0.3) is 0 Å². The number of likely N-dealkylation sites (N-methyl/N-ethyl adjacent to an activating group) is 1. The van der Waals surface area contributed by atoms with E-state index in [1.54, 1.807) is 6.20 Å². The molecule has 5 rings (SSSR count). The molecule has 0 N–H and O–H groups in total. The molecule has 4 heteroatoms. The summed E-state index contributed by atoms with van der Waals surface area (Å²) in [5, 5.41) is 2.51. The van der Waals surface area contributed by atoms with Crippen LogP contribution in [-0.4, -0.2) is 21.9 Å². The van der Waals surface area contributed by atoms with Crippen LogP contribution in [0.3, 0.4) is 0 Å². The summed E-state index contributed by atoms with van der Waals surface area (Å²) in [5.41, 5.74) is 3.31. The van der Waals surface area contributed by atoms with E-state index in [-0.39, 0.29) is 11.2 Å². The minimum absolute atomic E-state index is 0.00513. The van der Waals surface area contributed by atoms with Crippen LogP contribution in [0.1, 0.15) is 68.7 Å². The SMILES string of the molecule is CCN1/C(=C\C(=O)c2nccn2C2CCCC2)C(C)(C)c2c1ccc1ccccc21. The third-order valence-electron chi connectivity index (χ3n) is 6.95. The third kappa shape index (κ3) is 2.81. The van der Waals surface area contributed by atoms with Crippen molar-refractivity contribution in [1.82, 2.24) is 9.55 Å². The van der Waals surface area contributed by atoms with Crippen LogP contribution in [0.4, 0.5) is 5.69 Å². The van der Waals surface area contributed by atoms with Crippen molar-refractivity contribution in [2.24, 2.45) is 0 Å². The maximum Gasteiger partial charge on any atom is 0.223 e. The molecule has 1 fully saturated rings. The van der Waals surface area contributed by atoms with Gasteiger partial charge in [-0.05, 0) is 42.2 Å². The predicted octanol–water partition coefficient (Wildman–Crippen LogP) is 6.04. The van der Waals surface area contributed by atoms with Crippen molar-refractivity contribution < 1.29 is 4.79 Å². The minimum atomic E-state index is -0.257. The van der Waals surface area contributed by atoms with Gasteiger partial charge < -0.3 is 9.47 Å². The molecule has 2 aromatic carbocycles. The Kier molecular flexibility index (Phi) is 4.53. The summed E-state index contributed by atoms with van der Waals surface area (Å²) in [6.45, 7) is 7.44. The fourth-order valence-electron chi connectivity index (χ4n) is 5.51. The van der Waals surface area contributed by atoms with Gasteiger partial charge in [-0.25, -0.2) is 4.98 Å². The van der Waals surface area contributed by atoms with Gasteiger partial charge in [-0.1, -0.05) is 57.0 Å². The number of carbonyl (C=O) groups excluding carboxylic acids is 1. The molecule has 1 aliphatic carbocycles. The summed E-state index contributed by atoms with van der Waals surface area (Å²) in [6.07, 6.45) is 10.3. The number of imidazole rings is 1. The van der Waals surface area contributed by atoms with Crippen LogP contribution in [0.25, 0.3) is 10.8 Å². The van der Waals surface area contributed by atoms with E-state index in [1.165, 1.54) is 34.9 Å². The highest BCUT2D eigenvalue weighted by atomic mass is 16.1. The number of benzene rings is 2. The monoisotopic (exact) mass is 399 g/mol. The molecule has 2 heterocycles. The summed E-state index contributed by atoms with van der Waals surface area (Å²) in [6, 6.07) is 13.3. The molecule has 0 bridgehead atoms. The molecular weight excluding hydrogens is 370 g/mol. The number of carbonyl (C=O) groups is 1. The van der Waals surface area contributed by atoms with Gasteiger partial charge in [0.2, 0.25) is 5.78 Å². The second kappa shape index (κ2) is 7.12. The van der Waals surface area contributed by atoms with E-state index in [9.17, 15) is 4.79 Å². The summed E-state index contributed by atoms with van der Waals surface area (Å²) >= 11 is 0. The highest BCUT2D eigenvalue weighted by Gasteiger charge is 2.41. The second-order valence-corrected chi connectivity index (χ2v) is 9.04. The van der Waals surface area contributed by atoms with Crippen LogP contribution in [0.2, 0.25) is 0 Å². The molecule has 4 nitrogen and oxygen atoms in total. The Labute approximate surface area is 178 Å². The Morgan fingerprint density at radius 2 is 1.93 bits per heavy atom. The number of hydrogen-bond acceptors (Lipinski definition) is 3. The highest BCUT2D eigenvalue weighted by molar-refractivity contribution is 6.04. The Hall–Kier alpha value is -2.88. The van der Waals surface area contributed by atoms with E-state index in [0.717, 1.165) is 25.1 Å². The average Bonchev–Trinajstić information content (AvgIpc) is 3.47. The van der Waals surface area contributed by atoms with Gasteiger partial charge in [0.1, 0.15) is 0 Å². The number of allylic oxidation sites excluding steroid dienone is 2. The Morgan fingerprint density at radius 3 is 2.70 bits per heavy atom. The molecule has 3 aromatic rings. The maximum atomic E-state index is 13.4.